The Kier molecular flexibility index (Phi) is 5.39. The van der Waals surface area contributed by atoms with Crippen LogP contribution in [0.3, 0.4) is 0 Å². The largest absolute Gasteiger partial charge is 0.469 e. The van der Waals surface area contributed by atoms with E-state index in [1.807, 2.05) is 42.5 Å². The fourth-order valence-electron chi connectivity index (χ4n) is 4.45. The summed E-state index contributed by atoms with van der Waals surface area (Å²) in [6.07, 6.45) is 1.01. The van der Waals surface area contributed by atoms with Crippen molar-refractivity contribution in [3.8, 4) is 0 Å². The lowest BCUT2D eigenvalue weighted by atomic mass is 9.88. The molecule has 0 unspecified atom stereocenters. The van der Waals surface area contributed by atoms with Gasteiger partial charge in [0, 0.05) is 13.1 Å². The summed E-state index contributed by atoms with van der Waals surface area (Å²) in [5, 5.41) is 4.62. The number of rotatable bonds is 4. The minimum Gasteiger partial charge on any atom is -0.469 e. The molecule has 31 heavy (non-hydrogen) atoms. The van der Waals surface area contributed by atoms with Crippen LogP contribution in [0.15, 0.2) is 42.5 Å². The molecule has 0 aliphatic carbocycles. The first kappa shape index (κ1) is 20.8. The third-order valence-electron chi connectivity index (χ3n) is 6.28. The number of benzene rings is 2. The topological polar surface area (TPSA) is 96.0 Å². The van der Waals surface area contributed by atoms with E-state index < -0.39 is 17.5 Å². The highest BCUT2D eigenvalue weighted by Crippen LogP contribution is 2.34. The monoisotopic (exact) mass is 423 g/mol. The Morgan fingerprint density at radius 2 is 1.77 bits per heavy atom. The Balaban J connectivity index is 1.50. The minimum atomic E-state index is -1.25. The number of ether oxygens (including phenoxy) is 1. The van der Waals surface area contributed by atoms with Gasteiger partial charge in [0.2, 0.25) is 5.91 Å². The van der Waals surface area contributed by atoms with Crippen LogP contribution >= 0.6 is 0 Å². The summed E-state index contributed by atoms with van der Waals surface area (Å²) >= 11 is 0. The van der Waals surface area contributed by atoms with Gasteiger partial charge in [-0.05, 0) is 36.1 Å². The van der Waals surface area contributed by atoms with Gasteiger partial charge < -0.3 is 15.0 Å². The van der Waals surface area contributed by atoms with Gasteiger partial charge in [-0.2, -0.15) is 0 Å². The quantitative estimate of drug-likeness (QED) is 0.600. The molecule has 0 bridgehead atoms. The van der Waals surface area contributed by atoms with Crippen LogP contribution in [0.2, 0.25) is 0 Å². The Labute approximate surface area is 180 Å². The number of imide groups is 1. The Morgan fingerprint density at radius 1 is 1.10 bits per heavy atom. The van der Waals surface area contributed by atoms with E-state index in [1.165, 1.54) is 7.11 Å². The van der Waals surface area contributed by atoms with Crippen LogP contribution in [-0.2, 0) is 24.7 Å². The molecule has 2 fully saturated rings. The molecule has 2 aliphatic rings. The zero-order valence-electron chi connectivity index (χ0n) is 17.6. The molecular weight excluding hydrogens is 398 g/mol. The van der Waals surface area contributed by atoms with Crippen molar-refractivity contribution in [3.63, 3.8) is 0 Å². The molecule has 1 atom stereocenters. The Morgan fingerprint density at radius 3 is 2.48 bits per heavy atom. The molecule has 0 radical (unpaired) electrons. The number of esters is 1. The summed E-state index contributed by atoms with van der Waals surface area (Å²) in [6.45, 7) is 2.13. The van der Waals surface area contributed by atoms with Crippen LogP contribution in [0.1, 0.15) is 25.3 Å². The lowest BCUT2D eigenvalue weighted by Crippen LogP contribution is -2.47. The van der Waals surface area contributed by atoms with Crippen LogP contribution in [0, 0.1) is 5.92 Å². The number of hydrogen-bond donors (Lipinski definition) is 1. The highest BCUT2D eigenvalue weighted by molar-refractivity contribution is 6.10. The fourth-order valence-corrected chi connectivity index (χ4v) is 4.45. The zero-order valence-corrected chi connectivity index (χ0v) is 17.6. The lowest BCUT2D eigenvalue weighted by Gasteiger charge is -2.31. The average Bonchev–Trinajstić information content (AvgIpc) is 3.01. The molecule has 2 aromatic rings. The third kappa shape index (κ3) is 3.62. The van der Waals surface area contributed by atoms with E-state index in [4.69, 9.17) is 4.74 Å². The SMILES string of the molecule is COC(=O)C1CCN(C(=O)CN2C(=O)N[C@](C)(c3cccc4ccccc34)C2=O)CC1. The van der Waals surface area contributed by atoms with Gasteiger partial charge in [-0.3, -0.25) is 19.3 Å². The van der Waals surface area contributed by atoms with Crippen molar-refractivity contribution >= 4 is 34.6 Å². The second kappa shape index (κ2) is 8.02. The number of hydrogen-bond acceptors (Lipinski definition) is 5. The summed E-state index contributed by atoms with van der Waals surface area (Å²) in [5.41, 5.74) is -0.561. The van der Waals surface area contributed by atoms with E-state index in [9.17, 15) is 19.2 Å². The number of amides is 4. The molecular formula is C23H25N3O5. The average molecular weight is 423 g/mol. The van der Waals surface area contributed by atoms with Crippen molar-refractivity contribution in [2.45, 2.75) is 25.3 Å². The molecule has 2 saturated heterocycles. The van der Waals surface area contributed by atoms with Crippen LogP contribution in [0.25, 0.3) is 10.8 Å². The van der Waals surface area contributed by atoms with E-state index in [2.05, 4.69) is 5.32 Å². The van der Waals surface area contributed by atoms with Crippen LogP contribution in [-0.4, -0.2) is 60.4 Å². The van der Waals surface area contributed by atoms with Crippen LogP contribution < -0.4 is 5.32 Å². The number of carbonyl (C=O) groups is 4. The standard InChI is InChI=1S/C23H25N3O5/c1-23(18-9-5-7-15-6-3-4-8-17(15)18)21(29)26(22(30)24-23)14-19(27)25-12-10-16(11-13-25)20(28)31-2/h3-9,16H,10-14H2,1-2H3,(H,24,30)/t23-/m1/s1. The van der Waals surface area contributed by atoms with Crippen molar-refractivity contribution in [1.82, 2.24) is 15.1 Å². The number of methoxy groups -OCH3 is 1. The zero-order chi connectivity index (χ0) is 22.2. The predicted molar refractivity (Wildman–Crippen MR) is 113 cm³/mol. The number of urea groups is 1. The molecule has 0 aromatic heterocycles. The third-order valence-corrected chi connectivity index (χ3v) is 6.28. The first-order valence-corrected chi connectivity index (χ1v) is 10.3. The Hall–Kier alpha value is -3.42. The summed E-state index contributed by atoms with van der Waals surface area (Å²) in [4.78, 5) is 53.0. The van der Waals surface area contributed by atoms with Gasteiger partial charge >= 0.3 is 12.0 Å². The smallest absolute Gasteiger partial charge is 0.325 e. The molecule has 2 aliphatic heterocycles. The predicted octanol–water partition coefficient (Wildman–Crippen LogP) is 2.02. The highest BCUT2D eigenvalue weighted by atomic mass is 16.5. The van der Waals surface area contributed by atoms with E-state index in [-0.39, 0.29) is 24.3 Å². The maximum atomic E-state index is 13.3. The maximum absolute atomic E-state index is 13.3. The molecule has 1 N–H and O–H groups in total. The van der Waals surface area contributed by atoms with Gasteiger partial charge in [0.05, 0.1) is 13.0 Å². The van der Waals surface area contributed by atoms with Crippen molar-refractivity contribution < 1.29 is 23.9 Å². The van der Waals surface area contributed by atoms with Gasteiger partial charge in [0.1, 0.15) is 12.1 Å². The van der Waals surface area contributed by atoms with Crippen molar-refractivity contribution in [1.29, 1.82) is 0 Å². The number of likely N-dealkylation sites (tertiary alicyclic amines) is 1. The van der Waals surface area contributed by atoms with Gasteiger partial charge in [0.15, 0.2) is 0 Å². The molecule has 162 valence electrons. The first-order chi connectivity index (χ1) is 14.8. The number of fused-ring (bicyclic) bond motifs is 1. The second-order valence-electron chi connectivity index (χ2n) is 8.15. The number of nitrogens with zero attached hydrogens (tertiary/aromatic N) is 2. The Bertz CT molecular complexity index is 1050. The van der Waals surface area contributed by atoms with E-state index >= 15 is 0 Å². The van der Waals surface area contributed by atoms with Crippen LogP contribution in [0.4, 0.5) is 4.79 Å². The van der Waals surface area contributed by atoms with Crippen molar-refractivity contribution in [2.75, 3.05) is 26.7 Å². The fraction of sp³-hybridized carbons (Fsp3) is 0.391. The summed E-state index contributed by atoms with van der Waals surface area (Å²) in [6, 6.07) is 12.7. The van der Waals surface area contributed by atoms with Gasteiger partial charge in [-0.25, -0.2) is 4.79 Å². The maximum Gasteiger partial charge on any atom is 0.325 e. The second-order valence-corrected chi connectivity index (χ2v) is 8.15. The molecule has 2 aromatic carbocycles. The summed E-state index contributed by atoms with van der Waals surface area (Å²) in [5.74, 6) is -1.26. The molecule has 4 rings (SSSR count). The summed E-state index contributed by atoms with van der Waals surface area (Å²) < 4.78 is 4.77. The number of piperidine rings is 1. The van der Waals surface area contributed by atoms with Gasteiger partial charge in [0.25, 0.3) is 5.91 Å². The van der Waals surface area contributed by atoms with E-state index in [0.717, 1.165) is 15.7 Å². The number of carbonyl (C=O) groups excluding carboxylic acids is 4. The van der Waals surface area contributed by atoms with Gasteiger partial charge in [-0.15, -0.1) is 0 Å². The molecule has 0 saturated carbocycles. The lowest BCUT2D eigenvalue weighted by molar-refractivity contribution is -0.149. The highest BCUT2D eigenvalue weighted by Gasteiger charge is 2.50. The molecule has 2 heterocycles. The molecule has 0 spiro atoms. The normalized spacial score (nSPS) is 22.0. The minimum absolute atomic E-state index is 0.222. The molecule has 8 nitrogen and oxygen atoms in total. The number of nitrogens with one attached hydrogen (secondary N) is 1. The van der Waals surface area contributed by atoms with E-state index in [0.29, 0.717) is 31.5 Å². The van der Waals surface area contributed by atoms with E-state index in [1.54, 1.807) is 11.8 Å². The summed E-state index contributed by atoms with van der Waals surface area (Å²) in [7, 11) is 1.35. The van der Waals surface area contributed by atoms with Crippen molar-refractivity contribution in [2.24, 2.45) is 5.92 Å². The molecule has 8 heteroatoms. The van der Waals surface area contributed by atoms with Crippen molar-refractivity contribution in [3.05, 3.63) is 48.0 Å². The van der Waals surface area contributed by atoms with Crippen LogP contribution in [0.5, 0.6) is 0 Å². The first-order valence-electron chi connectivity index (χ1n) is 10.3. The molecule has 4 amide bonds. The van der Waals surface area contributed by atoms with Gasteiger partial charge in [-0.1, -0.05) is 42.5 Å².